The molecule has 0 atom stereocenters. The summed E-state index contributed by atoms with van der Waals surface area (Å²) in [7, 11) is 0. The normalized spacial score (nSPS) is 11.7. The smallest absolute Gasteiger partial charge is 0.414 e. The number of hydrogen-bond donors (Lipinski definition) is 5. The van der Waals surface area contributed by atoms with Crippen LogP contribution >= 0.6 is 0 Å². The average Bonchev–Trinajstić information content (AvgIpc) is 2.98. The van der Waals surface area contributed by atoms with E-state index < -0.39 is 46.8 Å². The van der Waals surface area contributed by atoms with E-state index in [2.05, 4.69) is 36.6 Å². The van der Waals surface area contributed by atoms with Crippen molar-refractivity contribution < 1.29 is 42.9 Å². The molecule has 0 saturated carbocycles. The van der Waals surface area contributed by atoms with E-state index in [4.69, 9.17) is 23.7 Å². The number of alkyl carbamates (subject to hydrolysis) is 4. The van der Waals surface area contributed by atoms with Crippen molar-refractivity contribution in [2.45, 2.75) is 150 Å². The molecular formula is C39H67N7O9. The zero-order valence-electron chi connectivity index (χ0n) is 35.2. The van der Waals surface area contributed by atoms with E-state index in [0.717, 1.165) is 58.0 Å². The van der Waals surface area contributed by atoms with Crippen LogP contribution in [0.25, 0.3) is 0 Å². The predicted molar refractivity (Wildman–Crippen MR) is 214 cm³/mol. The van der Waals surface area contributed by atoms with Crippen LogP contribution in [0.4, 0.5) is 24.9 Å². The third-order valence-corrected chi connectivity index (χ3v) is 6.35. The van der Waals surface area contributed by atoms with Gasteiger partial charge in [-0.15, -0.1) is 0 Å². The third-order valence-electron chi connectivity index (χ3n) is 6.35. The molecule has 16 heteroatoms. The molecule has 0 heterocycles. The van der Waals surface area contributed by atoms with Crippen molar-refractivity contribution in [1.82, 2.24) is 26.6 Å². The molecule has 1 aromatic carbocycles. The second-order valence-corrected chi connectivity index (χ2v) is 16.8. The summed E-state index contributed by atoms with van der Waals surface area (Å²) >= 11 is 0. The number of ether oxygens (including phenoxy) is 5. The standard InChI is InChI=1S/C39H67N7O9/c1-36(2,3)52-32(47)43-30(44-33(48)53-37(4,5)6)41-26-18-16-14-13-15-17-24-40-25-19-27-51-29-22-20-28(21-23-29)42-31(45-34(49)54-38(7,8)9)46-35(50)55-39(10,11)12/h20-23,40H,13-19,24-27H2,1-12H3,(H2,41,43,44,47,48)(H2,42,45,46,49,50). The Bertz CT molecular complexity index is 1340. The van der Waals surface area contributed by atoms with Crippen LogP contribution in [0.1, 0.15) is 128 Å². The Kier molecular flexibility index (Phi) is 20.6. The highest BCUT2D eigenvalue weighted by atomic mass is 16.6. The first kappa shape index (κ1) is 48.4. The van der Waals surface area contributed by atoms with Crippen molar-refractivity contribution in [3.05, 3.63) is 24.3 Å². The van der Waals surface area contributed by atoms with Gasteiger partial charge in [0.05, 0.1) is 12.3 Å². The lowest BCUT2D eigenvalue weighted by Gasteiger charge is -2.22. The number of amides is 4. The predicted octanol–water partition coefficient (Wildman–Crippen LogP) is 7.83. The van der Waals surface area contributed by atoms with Crippen molar-refractivity contribution in [3.8, 4) is 5.75 Å². The number of guanidine groups is 2. The lowest BCUT2D eigenvalue weighted by atomic mass is 10.1. The van der Waals surface area contributed by atoms with Crippen molar-refractivity contribution >= 4 is 42.0 Å². The second kappa shape index (κ2) is 23.3. The minimum Gasteiger partial charge on any atom is -0.494 e. The average molecular weight is 778 g/mol. The van der Waals surface area contributed by atoms with Gasteiger partial charge in [0.2, 0.25) is 11.9 Å². The summed E-state index contributed by atoms with van der Waals surface area (Å²) in [5.41, 5.74) is -2.39. The molecule has 0 unspecified atom stereocenters. The van der Waals surface area contributed by atoms with E-state index in [9.17, 15) is 19.2 Å². The van der Waals surface area contributed by atoms with Crippen LogP contribution in [-0.4, -0.2) is 84.9 Å². The van der Waals surface area contributed by atoms with Crippen LogP contribution in [0, 0.1) is 0 Å². The van der Waals surface area contributed by atoms with Crippen LogP contribution in [0.2, 0.25) is 0 Å². The molecule has 16 nitrogen and oxygen atoms in total. The van der Waals surface area contributed by atoms with Crippen molar-refractivity contribution in [2.75, 3.05) is 26.2 Å². The Morgan fingerprint density at radius 3 is 1.33 bits per heavy atom. The Hall–Kier alpha value is -4.60. The SMILES string of the molecule is CC(C)(C)OC(=O)NC(=NCCCCCCCCNCCCOc1ccc(N=C(NC(=O)OC(C)(C)C)NC(=O)OC(C)(C)C)cc1)NC(=O)OC(C)(C)C. The zero-order valence-corrected chi connectivity index (χ0v) is 35.2. The summed E-state index contributed by atoms with van der Waals surface area (Å²) in [6.07, 6.45) is 3.99. The number of unbranched alkanes of at least 4 members (excludes halogenated alkanes) is 5. The monoisotopic (exact) mass is 778 g/mol. The molecule has 0 bridgehead atoms. The molecule has 0 aromatic heterocycles. The maximum Gasteiger partial charge on any atom is 0.414 e. The van der Waals surface area contributed by atoms with E-state index in [1.165, 1.54) is 0 Å². The number of nitrogens with zero attached hydrogens (tertiary/aromatic N) is 2. The fourth-order valence-corrected chi connectivity index (χ4v) is 4.32. The van der Waals surface area contributed by atoms with E-state index in [0.29, 0.717) is 24.6 Å². The Labute approximate surface area is 327 Å². The first-order chi connectivity index (χ1) is 25.4. The zero-order chi connectivity index (χ0) is 41.7. The van der Waals surface area contributed by atoms with E-state index in [1.54, 1.807) is 107 Å². The Morgan fingerprint density at radius 1 is 0.509 bits per heavy atom. The van der Waals surface area contributed by atoms with Gasteiger partial charge in [-0.25, -0.2) is 24.2 Å². The molecule has 0 aliphatic heterocycles. The van der Waals surface area contributed by atoms with Crippen LogP contribution in [-0.2, 0) is 18.9 Å². The first-order valence-electron chi connectivity index (χ1n) is 19.0. The minimum atomic E-state index is -0.770. The molecule has 1 rings (SSSR count). The van der Waals surface area contributed by atoms with Gasteiger partial charge in [0.25, 0.3) is 0 Å². The van der Waals surface area contributed by atoms with Crippen LogP contribution in [0.15, 0.2) is 34.3 Å². The number of hydrogen-bond acceptors (Lipinski definition) is 12. The molecule has 0 aliphatic rings. The maximum absolute atomic E-state index is 12.3. The summed E-state index contributed by atoms with van der Waals surface area (Å²) in [6, 6.07) is 6.94. The number of nitrogens with one attached hydrogen (secondary N) is 5. The molecule has 0 fully saturated rings. The van der Waals surface area contributed by atoms with E-state index in [-0.39, 0.29) is 11.9 Å². The summed E-state index contributed by atoms with van der Waals surface area (Å²) in [6.45, 7) is 23.6. The van der Waals surface area contributed by atoms with Gasteiger partial charge < -0.3 is 29.0 Å². The minimum absolute atomic E-state index is 0.00112. The van der Waals surface area contributed by atoms with Gasteiger partial charge in [0, 0.05) is 6.54 Å². The number of carbonyl (C=O) groups is 4. The quantitative estimate of drug-likeness (QED) is 0.0506. The lowest BCUT2D eigenvalue weighted by molar-refractivity contribution is 0.0521. The lowest BCUT2D eigenvalue weighted by Crippen LogP contribution is -2.47. The van der Waals surface area contributed by atoms with E-state index in [1.807, 2.05) is 0 Å². The number of aliphatic imine (C=N–C) groups is 2. The van der Waals surface area contributed by atoms with Gasteiger partial charge in [0.15, 0.2) is 0 Å². The maximum atomic E-state index is 12.3. The number of benzene rings is 1. The molecule has 0 saturated heterocycles. The summed E-state index contributed by atoms with van der Waals surface area (Å²) < 4.78 is 27.0. The fourth-order valence-electron chi connectivity index (χ4n) is 4.32. The van der Waals surface area contributed by atoms with Gasteiger partial charge >= 0.3 is 24.4 Å². The summed E-state index contributed by atoms with van der Waals surface area (Å²) in [4.78, 5) is 57.8. The van der Waals surface area contributed by atoms with Gasteiger partial charge in [-0.05, 0) is 140 Å². The van der Waals surface area contributed by atoms with Gasteiger partial charge in [-0.2, -0.15) is 0 Å². The van der Waals surface area contributed by atoms with Gasteiger partial charge in [-0.1, -0.05) is 25.7 Å². The van der Waals surface area contributed by atoms with Gasteiger partial charge in [-0.3, -0.25) is 26.3 Å². The molecule has 0 aliphatic carbocycles. The van der Waals surface area contributed by atoms with Crippen LogP contribution in [0.5, 0.6) is 5.75 Å². The second-order valence-electron chi connectivity index (χ2n) is 16.8. The van der Waals surface area contributed by atoms with Crippen molar-refractivity contribution in [2.24, 2.45) is 9.98 Å². The van der Waals surface area contributed by atoms with Crippen LogP contribution in [0.3, 0.4) is 0 Å². The summed E-state index contributed by atoms with van der Waals surface area (Å²) in [5.74, 6) is 0.532. The van der Waals surface area contributed by atoms with Crippen molar-refractivity contribution in [3.63, 3.8) is 0 Å². The number of carbonyl (C=O) groups excluding carboxylic acids is 4. The molecule has 0 radical (unpaired) electrons. The fraction of sp³-hybridized carbons (Fsp3) is 0.692. The third kappa shape index (κ3) is 28.5. The largest absolute Gasteiger partial charge is 0.494 e. The Morgan fingerprint density at radius 2 is 0.891 bits per heavy atom. The topological polar surface area (TPSA) is 199 Å². The number of rotatable bonds is 15. The molecule has 312 valence electrons. The van der Waals surface area contributed by atoms with Gasteiger partial charge in [0.1, 0.15) is 28.2 Å². The molecule has 55 heavy (non-hydrogen) atoms. The Balaban J connectivity index is 2.37. The summed E-state index contributed by atoms with van der Waals surface area (Å²) in [5, 5.41) is 13.4. The molecule has 4 amide bonds. The van der Waals surface area contributed by atoms with Crippen molar-refractivity contribution in [1.29, 1.82) is 0 Å². The van der Waals surface area contributed by atoms with Crippen LogP contribution < -0.4 is 31.3 Å². The molecule has 5 N–H and O–H groups in total. The highest BCUT2D eigenvalue weighted by Gasteiger charge is 2.23. The molecule has 1 aromatic rings. The van der Waals surface area contributed by atoms with E-state index >= 15 is 0 Å². The molecular weight excluding hydrogens is 710 g/mol. The molecule has 0 spiro atoms. The first-order valence-corrected chi connectivity index (χ1v) is 19.0. The highest BCUT2D eigenvalue weighted by Crippen LogP contribution is 2.19. The highest BCUT2D eigenvalue weighted by molar-refractivity contribution is 6.02.